The molecule has 1 fully saturated rings. The zero-order chi connectivity index (χ0) is 17.0. The second-order valence-electron chi connectivity index (χ2n) is 5.64. The monoisotopic (exact) mass is 386 g/mol. The summed E-state index contributed by atoms with van der Waals surface area (Å²) < 4.78 is 5.00. The van der Waals surface area contributed by atoms with Gasteiger partial charge in [-0.25, -0.2) is 0 Å². The summed E-state index contributed by atoms with van der Waals surface area (Å²) in [6, 6.07) is 19.5. The molecule has 1 unspecified atom stereocenters. The first kappa shape index (κ1) is 16.7. The number of carbonyl (C=O) groups is 2. The van der Waals surface area contributed by atoms with E-state index in [0.29, 0.717) is 18.4 Å². The fourth-order valence-electron chi connectivity index (χ4n) is 2.87. The summed E-state index contributed by atoms with van der Waals surface area (Å²) in [7, 11) is 1.36. The van der Waals surface area contributed by atoms with E-state index in [0.717, 1.165) is 10.0 Å². The molecule has 1 aliphatic rings. The van der Waals surface area contributed by atoms with Crippen molar-refractivity contribution in [3.05, 3.63) is 71.8 Å². The van der Waals surface area contributed by atoms with Crippen molar-refractivity contribution in [2.24, 2.45) is 0 Å². The summed E-state index contributed by atoms with van der Waals surface area (Å²) in [5, 5.41) is 0. The van der Waals surface area contributed by atoms with Crippen LogP contribution in [0.4, 0.5) is 0 Å². The number of Topliss-reactive ketones (excluding diaryl/α,β-unsaturated/α-hetero) is 1. The van der Waals surface area contributed by atoms with E-state index in [1.807, 2.05) is 66.7 Å². The fourth-order valence-corrected chi connectivity index (χ4v) is 5.58. The summed E-state index contributed by atoms with van der Waals surface area (Å²) in [5.74, 6) is -0.491. The molecule has 0 aliphatic heterocycles. The quantitative estimate of drug-likeness (QED) is 0.352. The van der Waals surface area contributed by atoms with Crippen LogP contribution < -0.4 is 4.46 Å². The summed E-state index contributed by atoms with van der Waals surface area (Å²) in [6.45, 7) is 0. The van der Waals surface area contributed by atoms with E-state index >= 15 is 0 Å². The normalized spacial score (nSPS) is 21.9. The molecule has 0 spiro atoms. The molecular formula is C20H18O3Se. The molecule has 3 nitrogen and oxygen atoms in total. The SMILES string of the molecule is COC(=O)C1([Se]c2ccccc2)CC/C(=C/c2ccccc2)C1=O. The predicted molar refractivity (Wildman–Crippen MR) is 95.2 cm³/mol. The number of carbonyl (C=O) groups excluding carboxylic acids is 2. The molecule has 24 heavy (non-hydrogen) atoms. The van der Waals surface area contributed by atoms with Crippen LogP contribution in [0.15, 0.2) is 66.2 Å². The van der Waals surface area contributed by atoms with Crippen molar-refractivity contribution in [1.82, 2.24) is 0 Å². The van der Waals surface area contributed by atoms with Gasteiger partial charge in [0.25, 0.3) is 0 Å². The molecular weight excluding hydrogens is 367 g/mol. The van der Waals surface area contributed by atoms with Crippen molar-refractivity contribution in [1.29, 1.82) is 0 Å². The molecule has 0 saturated heterocycles. The zero-order valence-electron chi connectivity index (χ0n) is 13.4. The number of hydrogen-bond donors (Lipinski definition) is 0. The molecule has 4 heteroatoms. The van der Waals surface area contributed by atoms with Crippen LogP contribution in [0, 0.1) is 0 Å². The van der Waals surface area contributed by atoms with Gasteiger partial charge < -0.3 is 0 Å². The van der Waals surface area contributed by atoms with Crippen LogP contribution in [0.25, 0.3) is 6.08 Å². The van der Waals surface area contributed by atoms with Gasteiger partial charge in [-0.15, -0.1) is 0 Å². The first-order chi connectivity index (χ1) is 11.7. The van der Waals surface area contributed by atoms with Gasteiger partial charge in [-0.1, -0.05) is 0 Å². The Morgan fingerprint density at radius 2 is 1.71 bits per heavy atom. The molecule has 0 bridgehead atoms. The van der Waals surface area contributed by atoms with Gasteiger partial charge in [0.2, 0.25) is 0 Å². The Kier molecular flexibility index (Phi) is 4.98. The molecule has 0 heterocycles. The number of ether oxygens (including phenoxy) is 1. The Balaban J connectivity index is 1.94. The third-order valence-electron chi connectivity index (χ3n) is 4.10. The van der Waals surface area contributed by atoms with Gasteiger partial charge in [-0.05, 0) is 0 Å². The molecule has 1 atom stereocenters. The summed E-state index contributed by atoms with van der Waals surface area (Å²) in [5.41, 5.74) is 1.69. The number of hydrogen-bond acceptors (Lipinski definition) is 3. The number of rotatable bonds is 4. The van der Waals surface area contributed by atoms with Crippen LogP contribution in [0.2, 0.25) is 4.31 Å². The van der Waals surface area contributed by atoms with E-state index in [1.165, 1.54) is 7.11 Å². The van der Waals surface area contributed by atoms with E-state index in [1.54, 1.807) is 0 Å². The van der Waals surface area contributed by atoms with Crippen molar-refractivity contribution in [3.8, 4) is 0 Å². The Hall–Kier alpha value is -2.16. The van der Waals surface area contributed by atoms with Gasteiger partial charge in [0.1, 0.15) is 0 Å². The molecule has 1 aliphatic carbocycles. The zero-order valence-corrected chi connectivity index (χ0v) is 15.1. The van der Waals surface area contributed by atoms with Gasteiger partial charge in [0.05, 0.1) is 0 Å². The minimum atomic E-state index is -1.04. The number of benzene rings is 2. The minimum absolute atomic E-state index is 0.0814. The van der Waals surface area contributed by atoms with Crippen LogP contribution >= 0.6 is 0 Å². The van der Waals surface area contributed by atoms with Crippen molar-refractivity contribution in [3.63, 3.8) is 0 Å². The van der Waals surface area contributed by atoms with Gasteiger partial charge in [0, 0.05) is 0 Å². The molecule has 2 aromatic rings. The first-order valence-electron chi connectivity index (χ1n) is 7.78. The standard InChI is InChI=1S/C20H18O3Se/c1-23-19(22)20(24-17-10-6-3-7-11-17)13-12-16(18(20)21)14-15-8-4-2-5-9-15/h2-11,14H,12-13H2,1H3/b16-14-. The van der Waals surface area contributed by atoms with Crippen molar-refractivity contribution < 1.29 is 14.3 Å². The van der Waals surface area contributed by atoms with Gasteiger partial charge in [-0.3, -0.25) is 0 Å². The van der Waals surface area contributed by atoms with E-state index < -0.39 is 10.3 Å². The Bertz CT molecular complexity index is 768. The van der Waals surface area contributed by atoms with Crippen LogP contribution in [0.5, 0.6) is 0 Å². The van der Waals surface area contributed by atoms with Gasteiger partial charge >= 0.3 is 148 Å². The maximum atomic E-state index is 13.1. The Labute approximate surface area is 147 Å². The molecule has 2 aromatic carbocycles. The van der Waals surface area contributed by atoms with Crippen molar-refractivity contribution in [2.45, 2.75) is 17.2 Å². The fraction of sp³-hybridized carbons (Fsp3) is 0.200. The van der Waals surface area contributed by atoms with E-state index in [2.05, 4.69) is 0 Å². The van der Waals surface area contributed by atoms with E-state index in [9.17, 15) is 9.59 Å². The number of ketones is 1. The second-order valence-corrected chi connectivity index (χ2v) is 8.52. The second kappa shape index (κ2) is 7.16. The topological polar surface area (TPSA) is 43.4 Å². The van der Waals surface area contributed by atoms with Gasteiger partial charge in [0.15, 0.2) is 0 Å². The molecule has 0 aromatic heterocycles. The van der Waals surface area contributed by atoms with Crippen LogP contribution in [0.3, 0.4) is 0 Å². The molecule has 0 N–H and O–H groups in total. The van der Waals surface area contributed by atoms with Crippen molar-refractivity contribution in [2.75, 3.05) is 7.11 Å². The third kappa shape index (κ3) is 3.21. The maximum absolute atomic E-state index is 13.1. The van der Waals surface area contributed by atoms with E-state index in [-0.39, 0.29) is 20.7 Å². The summed E-state index contributed by atoms with van der Waals surface area (Å²) in [4.78, 5) is 25.6. The van der Waals surface area contributed by atoms with E-state index in [4.69, 9.17) is 4.74 Å². The molecule has 0 amide bonds. The summed E-state index contributed by atoms with van der Waals surface area (Å²) in [6.07, 6.45) is 3.03. The first-order valence-corrected chi connectivity index (χ1v) is 9.50. The molecule has 1 saturated carbocycles. The Morgan fingerprint density at radius 3 is 2.33 bits per heavy atom. The predicted octanol–water partition coefficient (Wildman–Crippen LogP) is 2.79. The Morgan fingerprint density at radius 1 is 1.08 bits per heavy atom. The van der Waals surface area contributed by atoms with Crippen molar-refractivity contribution >= 4 is 37.2 Å². The van der Waals surface area contributed by atoms with Crippen LogP contribution in [-0.2, 0) is 14.3 Å². The number of allylic oxidation sites excluding steroid dienone is 1. The third-order valence-corrected chi connectivity index (χ3v) is 7.06. The van der Waals surface area contributed by atoms with Crippen LogP contribution in [-0.4, -0.2) is 33.8 Å². The summed E-state index contributed by atoms with van der Waals surface area (Å²) >= 11 is -0.301. The number of methoxy groups -OCH3 is 1. The molecule has 3 rings (SSSR count). The van der Waals surface area contributed by atoms with Gasteiger partial charge in [-0.2, -0.15) is 0 Å². The average Bonchev–Trinajstić information content (AvgIpc) is 2.93. The van der Waals surface area contributed by atoms with Crippen LogP contribution in [0.1, 0.15) is 18.4 Å². The average molecular weight is 385 g/mol. The molecule has 122 valence electrons. The number of esters is 1. The molecule has 0 radical (unpaired) electrons.